The molecule has 0 saturated carbocycles. The molecule has 1 atom stereocenters. The number of benzene rings is 1. The highest BCUT2D eigenvalue weighted by Gasteiger charge is 2.27. The Bertz CT molecular complexity index is 2500. The molecule has 1 aromatic carbocycles. The van der Waals surface area contributed by atoms with Gasteiger partial charge in [-0.15, -0.1) is 68.0 Å². The molecule has 5 aromatic heterocycles. The molecule has 1 nitrogen and oxygen atoms in total. The van der Waals surface area contributed by atoms with E-state index >= 15 is 4.39 Å². The van der Waals surface area contributed by atoms with E-state index in [-0.39, 0.29) is 21.9 Å². The van der Waals surface area contributed by atoms with Gasteiger partial charge in [0.25, 0.3) is 0 Å². The number of carbonyl (C=O) groups is 1. The van der Waals surface area contributed by atoms with Crippen LogP contribution in [0.4, 0.5) is 4.39 Å². The van der Waals surface area contributed by atoms with E-state index in [1.54, 1.807) is 11.3 Å². The molecule has 0 amide bonds. The fraction of sp³-hybridized carbons (Fsp3) is 0.615. The van der Waals surface area contributed by atoms with E-state index < -0.39 is 0 Å². The van der Waals surface area contributed by atoms with Crippen molar-refractivity contribution in [2.45, 2.75) is 252 Å². The highest BCUT2D eigenvalue weighted by Crippen LogP contribution is 2.54. The molecule has 0 aliphatic carbocycles. The number of thiophene rings is 4. The third-order valence-electron chi connectivity index (χ3n) is 12.6. The van der Waals surface area contributed by atoms with Crippen molar-refractivity contribution in [1.29, 1.82) is 0 Å². The monoisotopic (exact) mass is 1110 g/mol. The van der Waals surface area contributed by atoms with Crippen molar-refractivity contribution < 1.29 is 9.18 Å². The Morgan fingerprint density at radius 3 is 1.62 bits per heavy atom. The second-order valence-electron chi connectivity index (χ2n) is 21.4. The van der Waals surface area contributed by atoms with Crippen molar-refractivity contribution in [2.75, 3.05) is 0 Å². The maximum atomic E-state index is 16.5. The topological polar surface area (TPSA) is 17.1 Å². The molecule has 6 rings (SSSR count). The van der Waals surface area contributed by atoms with Gasteiger partial charge in [-0.2, -0.15) is 0 Å². The predicted molar refractivity (Wildman–Crippen MR) is 342 cm³/mol. The maximum Gasteiger partial charge on any atom is 0.175 e. The molecule has 0 radical (unpaired) electrons. The standard InChI is InChI=1S/C46H55FOS6.2C7H16.C3H8.C2H6/c1-12-30-18-21-35(51-30)40-32-23-37(53-43(32)39(34-20-17-28(7)50-34)31-22-36(26(4)5)52-42(31)40)38-24-49-44(41(47)29(8)45(54-38)46(9,10)11)33(48)19-16-27(6)15-13-14-25(2)3;2*1-3-5-7-6-4-2;1-3-2;1-2/h17-18,20-27H,12-16,19H2,1-11H3;2*3-7H2,1-2H3;3H2,1-2H3;1-2H3. The zero-order valence-corrected chi connectivity index (χ0v) is 54.4. The zero-order chi connectivity index (χ0) is 54.8. The van der Waals surface area contributed by atoms with Crippen molar-refractivity contribution >= 4 is 94.0 Å². The van der Waals surface area contributed by atoms with Crippen LogP contribution in [0.25, 0.3) is 50.8 Å². The number of hydrogen-bond acceptors (Lipinski definition) is 7. The number of carbonyl (C=O) groups excluding carboxylic acids is 1. The molecule has 6 aromatic rings. The second-order valence-corrected chi connectivity index (χ2v) is 28.0. The van der Waals surface area contributed by atoms with Crippen molar-refractivity contribution in [1.82, 2.24) is 0 Å². The van der Waals surface area contributed by atoms with Crippen LogP contribution in [0.3, 0.4) is 0 Å². The number of rotatable bonds is 21. The molecule has 0 fully saturated rings. The lowest BCUT2D eigenvalue weighted by Gasteiger charge is -2.21. The van der Waals surface area contributed by atoms with Gasteiger partial charge in [0.05, 0.1) is 4.88 Å². The summed E-state index contributed by atoms with van der Waals surface area (Å²) in [6, 6.07) is 14.0. The van der Waals surface area contributed by atoms with Crippen molar-refractivity contribution in [3.8, 4) is 30.6 Å². The van der Waals surface area contributed by atoms with Crippen LogP contribution >= 0.6 is 68.0 Å². The summed E-state index contributed by atoms with van der Waals surface area (Å²) in [5.74, 6) is 1.13. The first-order chi connectivity index (χ1) is 34.8. The van der Waals surface area contributed by atoms with Gasteiger partial charge in [0, 0.05) is 77.2 Å². The Balaban J connectivity index is 0.000000821. The van der Waals surface area contributed by atoms with Crippen molar-refractivity contribution in [3.05, 3.63) is 77.5 Å². The third kappa shape index (κ3) is 20.9. The highest BCUT2D eigenvalue weighted by atomic mass is 32.1. The molecule has 0 spiro atoms. The lowest BCUT2D eigenvalue weighted by atomic mass is 9.91. The summed E-state index contributed by atoms with van der Waals surface area (Å²) >= 11 is 10.5. The van der Waals surface area contributed by atoms with Gasteiger partial charge >= 0.3 is 0 Å². The van der Waals surface area contributed by atoms with Crippen LogP contribution in [0.15, 0.2) is 41.8 Å². The molecule has 0 bridgehead atoms. The van der Waals surface area contributed by atoms with Gasteiger partial charge in [0.1, 0.15) is 10.7 Å². The fourth-order valence-corrected chi connectivity index (χ4v) is 15.4. The molecule has 410 valence electrons. The van der Waals surface area contributed by atoms with Crippen LogP contribution in [-0.2, 0) is 11.8 Å². The van der Waals surface area contributed by atoms with Crippen molar-refractivity contribution in [3.63, 3.8) is 0 Å². The Morgan fingerprint density at radius 2 is 1.14 bits per heavy atom. The Morgan fingerprint density at radius 1 is 0.603 bits per heavy atom. The van der Waals surface area contributed by atoms with Crippen molar-refractivity contribution in [2.24, 2.45) is 11.8 Å². The summed E-state index contributed by atoms with van der Waals surface area (Å²) in [6.45, 7) is 41.3. The molecule has 0 aliphatic rings. The largest absolute Gasteiger partial charge is 0.293 e. The van der Waals surface area contributed by atoms with Crippen LogP contribution in [0.2, 0.25) is 0 Å². The third-order valence-corrected chi connectivity index (χ3v) is 20.4. The van der Waals surface area contributed by atoms with Crippen LogP contribution in [0, 0.1) is 31.5 Å². The number of Topliss-reactive ketones (excluding diaryl/α,β-unsaturated/α-hetero) is 1. The summed E-state index contributed by atoms with van der Waals surface area (Å²) in [5.41, 5.74) is 2.93. The average molecular weight is 1110 g/mol. The van der Waals surface area contributed by atoms with E-state index in [1.165, 1.54) is 150 Å². The summed E-state index contributed by atoms with van der Waals surface area (Å²) in [7, 11) is 0. The first-order valence-electron chi connectivity index (χ1n) is 28.7. The number of fused-ring (bicyclic) bond motifs is 2. The molecule has 5 heterocycles. The fourth-order valence-electron chi connectivity index (χ4n) is 8.48. The number of halogens is 1. The SMILES string of the molecule is CC.CCC.CCCCCCC.CCCCCCC.CCc1ccc(-c2c3cc(-c4csc(C(=O)CCC(C)CCCC(C)C)c(F)c(C)c(C(C)(C)C)s4)sc3c(-c3ccc(C)s3)c3cc(C(C)C)sc23)s1. The number of ketones is 1. The molecular formula is C65H101FOS6. The molecule has 0 saturated heterocycles. The van der Waals surface area contributed by atoms with Crippen LogP contribution < -0.4 is 0 Å². The minimum absolute atomic E-state index is 0.0806. The average Bonchev–Trinajstić information content (AvgIpc) is 4.19. The lowest BCUT2D eigenvalue weighted by molar-refractivity contribution is 0.0973. The Hall–Kier alpha value is -2.20. The summed E-state index contributed by atoms with van der Waals surface area (Å²) in [4.78, 5) is 24.1. The number of aryl methyl sites for hydroxylation is 2. The van der Waals surface area contributed by atoms with Crippen LogP contribution in [0.1, 0.15) is 261 Å². The minimum atomic E-state index is -0.357. The van der Waals surface area contributed by atoms with Gasteiger partial charge in [-0.3, -0.25) is 4.79 Å². The van der Waals surface area contributed by atoms with E-state index in [9.17, 15) is 4.79 Å². The lowest BCUT2D eigenvalue weighted by Crippen LogP contribution is -2.13. The van der Waals surface area contributed by atoms with Gasteiger partial charge in [-0.25, -0.2) is 4.39 Å². The zero-order valence-electron chi connectivity index (χ0n) is 49.5. The summed E-state index contributed by atoms with van der Waals surface area (Å²) < 4.78 is 19.2. The molecule has 73 heavy (non-hydrogen) atoms. The molecule has 0 N–H and O–H groups in total. The van der Waals surface area contributed by atoms with Crippen LogP contribution in [-0.4, -0.2) is 5.78 Å². The first-order valence-corrected chi connectivity index (χ1v) is 33.7. The minimum Gasteiger partial charge on any atom is -0.293 e. The number of hydrogen-bond donors (Lipinski definition) is 0. The van der Waals surface area contributed by atoms with Crippen LogP contribution in [0.5, 0.6) is 0 Å². The van der Waals surface area contributed by atoms with Gasteiger partial charge in [-0.1, -0.05) is 208 Å². The molecule has 0 aliphatic heterocycles. The molecule has 1 unspecified atom stereocenters. The summed E-state index contributed by atoms with van der Waals surface area (Å²) in [6.07, 6.45) is 20.9. The molecule has 8 heteroatoms. The Kier molecular flexibility index (Phi) is 32.3. The second kappa shape index (κ2) is 35.3. The Labute approximate surface area is 471 Å². The number of unbranched alkanes of at least 4 members (excludes halogenated alkanes) is 8. The predicted octanol–water partition coefficient (Wildman–Crippen LogP) is 26.0. The van der Waals surface area contributed by atoms with Gasteiger partial charge in [-0.05, 0) is 91.8 Å². The first kappa shape index (κ1) is 66.9. The summed E-state index contributed by atoms with van der Waals surface area (Å²) in [5, 5.41) is 4.69. The van der Waals surface area contributed by atoms with E-state index in [4.69, 9.17) is 0 Å². The van der Waals surface area contributed by atoms with Gasteiger partial charge in [0.2, 0.25) is 0 Å². The highest BCUT2D eigenvalue weighted by molar-refractivity contribution is 7.28. The van der Waals surface area contributed by atoms with Gasteiger partial charge in [0.15, 0.2) is 5.78 Å². The normalized spacial score (nSPS) is 11.6. The van der Waals surface area contributed by atoms with E-state index in [0.29, 0.717) is 29.7 Å². The molecular weight excluding hydrogens is 1010 g/mol. The quantitative estimate of drug-likeness (QED) is 0.0519. The van der Waals surface area contributed by atoms with Gasteiger partial charge < -0.3 is 0 Å². The van der Waals surface area contributed by atoms with E-state index in [2.05, 4.69) is 153 Å². The van der Waals surface area contributed by atoms with E-state index in [1.807, 2.05) is 66.1 Å². The van der Waals surface area contributed by atoms with E-state index in [0.717, 1.165) is 33.9 Å². The maximum absolute atomic E-state index is 16.5. The smallest absolute Gasteiger partial charge is 0.175 e.